The maximum absolute atomic E-state index is 12.4. The molecule has 0 saturated heterocycles. The van der Waals surface area contributed by atoms with Crippen molar-refractivity contribution < 1.29 is 13.4 Å². The molecule has 140 valence electrons. The molecule has 1 unspecified atom stereocenters. The Morgan fingerprint density at radius 1 is 1.33 bits per heavy atom. The third-order valence-electron chi connectivity index (χ3n) is 5.54. The Morgan fingerprint density at radius 3 is 2.74 bits per heavy atom. The maximum atomic E-state index is 12.4. The first-order chi connectivity index (χ1) is 12.7. The van der Waals surface area contributed by atoms with Crippen LogP contribution < -0.4 is 5.32 Å². The van der Waals surface area contributed by atoms with E-state index < -0.39 is 9.73 Å². The number of amides is 1. The van der Waals surface area contributed by atoms with Crippen LogP contribution in [-0.4, -0.2) is 31.9 Å². The average molecular weight is 405 g/mol. The zero-order valence-corrected chi connectivity index (χ0v) is 16.0. The Hall–Kier alpha value is -2.32. The first-order valence-corrected chi connectivity index (χ1v) is 10.8. The lowest BCUT2D eigenvalue weighted by molar-refractivity contribution is -0.0861. The normalized spacial score (nSPS) is 28.2. The lowest BCUT2D eigenvalue weighted by Crippen LogP contribution is -2.77. The fraction of sp³-hybridized carbons (Fsp3) is 0.333. The second-order valence-corrected chi connectivity index (χ2v) is 10.3. The van der Waals surface area contributed by atoms with Crippen LogP contribution in [0.15, 0.2) is 39.8 Å². The topological polar surface area (TPSA) is 112 Å². The number of carbonyl (C=O) groups is 1. The minimum absolute atomic E-state index is 0.0163. The van der Waals surface area contributed by atoms with E-state index in [1.54, 1.807) is 0 Å². The monoisotopic (exact) mass is 404 g/mol. The highest BCUT2D eigenvalue weighted by Crippen LogP contribution is 2.67. The molecule has 3 fully saturated rings. The third-order valence-corrected chi connectivity index (χ3v) is 6.77. The predicted octanol–water partition coefficient (Wildman–Crippen LogP) is 3.45. The number of rotatable bonds is 4. The molecule has 1 aromatic carbocycles. The van der Waals surface area contributed by atoms with E-state index in [4.69, 9.17) is 20.8 Å². The number of aromatic amines is 1. The fourth-order valence-corrected chi connectivity index (χ4v) is 5.11. The van der Waals surface area contributed by atoms with E-state index in [1.165, 1.54) is 18.4 Å². The number of nitrogens with zero attached hydrogens (tertiary/aromatic N) is 1. The van der Waals surface area contributed by atoms with Crippen molar-refractivity contribution in [1.29, 1.82) is 4.78 Å². The van der Waals surface area contributed by atoms with Gasteiger partial charge in [0.05, 0.1) is 11.0 Å². The van der Waals surface area contributed by atoms with Crippen LogP contribution in [0.2, 0.25) is 5.02 Å². The Kier molecular flexibility index (Phi) is 3.20. The van der Waals surface area contributed by atoms with Gasteiger partial charge in [-0.05, 0) is 49.6 Å². The molecule has 27 heavy (non-hydrogen) atoms. The number of halogens is 1. The molecule has 3 saturated carbocycles. The first kappa shape index (κ1) is 16.8. The van der Waals surface area contributed by atoms with Crippen molar-refractivity contribution >= 4 is 38.3 Å². The molecule has 2 bridgehead atoms. The summed E-state index contributed by atoms with van der Waals surface area (Å²) in [5, 5.41) is 3.71. The zero-order valence-electron chi connectivity index (χ0n) is 14.5. The van der Waals surface area contributed by atoms with E-state index in [9.17, 15) is 9.00 Å². The fourth-order valence-electron chi connectivity index (χ4n) is 4.36. The van der Waals surface area contributed by atoms with Crippen LogP contribution in [-0.2, 0) is 15.1 Å². The highest BCUT2D eigenvalue weighted by Gasteiger charge is 2.70. The van der Waals surface area contributed by atoms with Crippen molar-refractivity contribution in [1.82, 2.24) is 15.3 Å². The summed E-state index contributed by atoms with van der Waals surface area (Å²) in [4.78, 5) is 20.5. The van der Waals surface area contributed by atoms with Gasteiger partial charge in [0.1, 0.15) is 15.6 Å². The minimum atomic E-state index is -2.97. The summed E-state index contributed by atoms with van der Waals surface area (Å²) >= 11 is 6.03. The van der Waals surface area contributed by atoms with Crippen molar-refractivity contribution in [2.24, 2.45) is 0 Å². The quantitative estimate of drug-likeness (QED) is 0.618. The molecule has 0 spiro atoms. The van der Waals surface area contributed by atoms with Crippen LogP contribution in [0.3, 0.4) is 0 Å². The zero-order chi connectivity index (χ0) is 19.0. The van der Waals surface area contributed by atoms with Gasteiger partial charge < -0.3 is 14.7 Å². The molecule has 2 heterocycles. The molecule has 2 aromatic heterocycles. The van der Waals surface area contributed by atoms with Crippen molar-refractivity contribution in [2.75, 3.05) is 6.26 Å². The van der Waals surface area contributed by atoms with Gasteiger partial charge in [-0.3, -0.25) is 4.79 Å². The van der Waals surface area contributed by atoms with E-state index in [-0.39, 0.29) is 27.7 Å². The number of fused-ring (bicyclic) bond motifs is 1. The van der Waals surface area contributed by atoms with Crippen LogP contribution in [0.1, 0.15) is 35.6 Å². The first-order valence-electron chi connectivity index (χ1n) is 8.50. The van der Waals surface area contributed by atoms with Crippen LogP contribution in [0.5, 0.6) is 0 Å². The smallest absolute Gasteiger partial charge is 0.287 e. The SMILES string of the molecule is CS(=N)(=O)c1ccc(C(=O)NC23CC(c4nc5ccc(Cl)cc5[nH]4)(C2)C3)o1. The molecular weight excluding hydrogens is 388 g/mol. The number of H-pyrrole nitrogens is 1. The molecule has 3 aliphatic rings. The number of benzene rings is 1. The number of imidazole rings is 1. The number of furan rings is 1. The van der Waals surface area contributed by atoms with Crippen molar-refractivity contribution in [2.45, 2.75) is 35.3 Å². The third kappa shape index (κ3) is 2.50. The minimum Gasteiger partial charge on any atom is -0.441 e. The van der Waals surface area contributed by atoms with Gasteiger partial charge in [0, 0.05) is 22.2 Å². The standard InChI is InChI=1S/C18H17ClN4O3S/c1-27(20,25)14-5-4-13(26-14)15(24)23-18-7-17(8-18,9-18)16-21-11-3-2-10(19)6-12(11)22-16/h2-6,20H,7-9H2,1H3,(H,21,22)(H,23,24). The summed E-state index contributed by atoms with van der Waals surface area (Å²) in [7, 11) is -2.97. The van der Waals surface area contributed by atoms with Gasteiger partial charge in [0.15, 0.2) is 10.9 Å². The molecule has 1 amide bonds. The van der Waals surface area contributed by atoms with Gasteiger partial charge in [-0.25, -0.2) is 14.0 Å². The van der Waals surface area contributed by atoms with E-state index >= 15 is 0 Å². The molecule has 0 aliphatic heterocycles. The summed E-state index contributed by atoms with van der Waals surface area (Å²) in [5.41, 5.74) is 1.54. The lowest BCUT2D eigenvalue weighted by Gasteiger charge is -2.69. The molecule has 3 aliphatic carbocycles. The highest BCUT2D eigenvalue weighted by molar-refractivity contribution is 7.91. The number of hydrogen-bond donors (Lipinski definition) is 3. The molecule has 3 aromatic rings. The van der Waals surface area contributed by atoms with Gasteiger partial charge in [-0.1, -0.05) is 11.6 Å². The largest absolute Gasteiger partial charge is 0.441 e. The summed E-state index contributed by atoms with van der Waals surface area (Å²) < 4.78 is 24.5. The van der Waals surface area contributed by atoms with E-state index in [2.05, 4.69) is 15.3 Å². The van der Waals surface area contributed by atoms with E-state index in [0.717, 1.165) is 36.1 Å². The molecular formula is C18H17ClN4O3S. The molecule has 0 radical (unpaired) electrons. The predicted molar refractivity (Wildman–Crippen MR) is 101 cm³/mol. The molecule has 7 nitrogen and oxygen atoms in total. The van der Waals surface area contributed by atoms with E-state index in [1.807, 2.05) is 18.2 Å². The number of aromatic nitrogens is 2. The van der Waals surface area contributed by atoms with Crippen LogP contribution >= 0.6 is 11.6 Å². The molecule has 1 atom stereocenters. The number of hydrogen-bond acceptors (Lipinski definition) is 5. The molecule has 6 rings (SSSR count). The summed E-state index contributed by atoms with van der Waals surface area (Å²) in [5.74, 6) is 0.690. The molecule has 9 heteroatoms. The van der Waals surface area contributed by atoms with Crippen molar-refractivity contribution in [3.8, 4) is 0 Å². The van der Waals surface area contributed by atoms with Gasteiger partial charge >= 0.3 is 0 Å². The second-order valence-electron chi connectivity index (χ2n) is 7.75. The van der Waals surface area contributed by atoms with Gasteiger partial charge in [0.25, 0.3) is 5.91 Å². The number of nitrogens with one attached hydrogen (secondary N) is 3. The summed E-state index contributed by atoms with van der Waals surface area (Å²) in [6.07, 6.45) is 3.71. The van der Waals surface area contributed by atoms with E-state index in [0.29, 0.717) is 5.02 Å². The Bertz CT molecular complexity index is 1190. The Morgan fingerprint density at radius 2 is 2.07 bits per heavy atom. The van der Waals surface area contributed by atoms with Gasteiger partial charge in [-0.15, -0.1) is 0 Å². The summed E-state index contributed by atoms with van der Waals surface area (Å²) in [6.45, 7) is 0. The average Bonchev–Trinajstić information content (AvgIpc) is 3.14. The molecule has 3 N–H and O–H groups in total. The summed E-state index contributed by atoms with van der Waals surface area (Å²) in [6, 6.07) is 8.47. The van der Waals surface area contributed by atoms with Crippen LogP contribution in [0, 0.1) is 4.78 Å². The second kappa shape index (κ2) is 5.14. The van der Waals surface area contributed by atoms with Crippen molar-refractivity contribution in [3.05, 3.63) is 46.9 Å². The van der Waals surface area contributed by atoms with Crippen molar-refractivity contribution in [3.63, 3.8) is 0 Å². The Balaban J connectivity index is 1.30. The lowest BCUT2D eigenvalue weighted by atomic mass is 9.39. The number of carbonyl (C=O) groups excluding carboxylic acids is 1. The van der Waals surface area contributed by atoms with Gasteiger partial charge in [0.2, 0.25) is 0 Å². The van der Waals surface area contributed by atoms with Crippen LogP contribution in [0.4, 0.5) is 0 Å². The maximum Gasteiger partial charge on any atom is 0.287 e. The highest BCUT2D eigenvalue weighted by atomic mass is 35.5. The Labute approximate surface area is 160 Å². The van der Waals surface area contributed by atoms with Crippen LogP contribution in [0.25, 0.3) is 11.0 Å². The van der Waals surface area contributed by atoms with Gasteiger partial charge in [-0.2, -0.15) is 0 Å².